The third-order valence-corrected chi connectivity index (χ3v) is 4.68. The molecule has 0 amide bonds. The number of thiol groups is 1. The summed E-state index contributed by atoms with van der Waals surface area (Å²) in [6, 6.07) is 4.34. The number of fused-ring (bicyclic) bond motifs is 1. The molecule has 1 aromatic rings. The van der Waals surface area contributed by atoms with Crippen molar-refractivity contribution in [1.82, 2.24) is 5.32 Å². The predicted molar refractivity (Wildman–Crippen MR) is 71.9 cm³/mol. The van der Waals surface area contributed by atoms with E-state index in [0.29, 0.717) is 5.25 Å². The third kappa shape index (κ3) is 2.47. The van der Waals surface area contributed by atoms with Gasteiger partial charge in [-0.3, -0.25) is 0 Å². The molecule has 82 valence electrons. The van der Waals surface area contributed by atoms with Gasteiger partial charge in [0.2, 0.25) is 0 Å². The smallest absolute Gasteiger partial charge is 0.0456 e. The summed E-state index contributed by atoms with van der Waals surface area (Å²) in [6.07, 6.45) is 1.08. The van der Waals surface area contributed by atoms with Gasteiger partial charge in [-0.25, -0.2) is 0 Å². The Morgan fingerprint density at radius 1 is 1.53 bits per heavy atom. The van der Waals surface area contributed by atoms with Gasteiger partial charge >= 0.3 is 0 Å². The van der Waals surface area contributed by atoms with Gasteiger partial charge in [0.15, 0.2) is 0 Å². The molecule has 0 radical (unpaired) electrons. The molecule has 0 fully saturated rings. The van der Waals surface area contributed by atoms with E-state index < -0.39 is 0 Å². The van der Waals surface area contributed by atoms with Crippen molar-refractivity contribution in [3.63, 3.8) is 0 Å². The lowest BCUT2D eigenvalue weighted by molar-refractivity contribution is 0.643. The van der Waals surface area contributed by atoms with E-state index in [2.05, 4.69) is 36.0 Å². The van der Waals surface area contributed by atoms with Crippen molar-refractivity contribution in [1.29, 1.82) is 0 Å². The standard InChI is InChI=1S/C11H14ClNS2/c1-7(15-14)9-4-8-2-3-13-6-10(8)11(12)5-9/h4-5,7,13-14H,2-3,6H2,1H3. The molecule has 15 heavy (non-hydrogen) atoms. The summed E-state index contributed by atoms with van der Waals surface area (Å²) in [5.41, 5.74) is 3.94. The van der Waals surface area contributed by atoms with E-state index in [1.165, 1.54) is 16.7 Å². The summed E-state index contributed by atoms with van der Waals surface area (Å²) in [7, 11) is 1.56. The molecule has 1 atom stereocenters. The zero-order valence-electron chi connectivity index (χ0n) is 8.59. The molecule has 0 spiro atoms. The molecule has 1 unspecified atom stereocenters. The van der Waals surface area contributed by atoms with Crippen LogP contribution in [-0.2, 0) is 13.0 Å². The zero-order chi connectivity index (χ0) is 10.8. The van der Waals surface area contributed by atoms with Crippen LogP contribution in [0, 0.1) is 0 Å². The van der Waals surface area contributed by atoms with Crippen molar-refractivity contribution in [3.8, 4) is 0 Å². The van der Waals surface area contributed by atoms with Crippen molar-refractivity contribution in [3.05, 3.63) is 33.8 Å². The van der Waals surface area contributed by atoms with Crippen LogP contribution in [0.1, 0.15) is 28.9 Å². The molecule has 1 aromatic carbocycles. The average Bonchev–Trinajstić information content (AvgIpc) is 2.28. The number of halogens is 1. The Kier molecular flexibility index (Phi) is 3.88. The largest absolute Gasteiger partial charge is 0.312 e. The Bertz CT molecular complexity index is 368. The molecule has 4 heteroatoms. The Labute approximate surface area is 105 Å². The first-order chi connectivity index (χ1) is 7.22. The summed E-state index contributed by atoms with van der Waals surface area (Å²) in [6.45, 7) is 4.10. The van der Waals surface area contributed by atoms with Crippen LogP contribution < -0.4 is 5.32 Å². The van der Waals surface area contributed by atoms with Gasteiger partial charge in [0.25, 0.3) is 0 Å². The van der Waals surface area contributed by atoms with Gasteiger partial charge in [-0.2, -0.15) is 0 Å². The van der Waals surface area contributed by atoms with Gasteiger partial charge < -0.3 is 5.32 Å². The first kappa shape index (κ1) is 11.6. The van der Waals surface area contributed by atoms with Crippen molar-refractivity contribution in [2.24, 2.45) is 0 Å². The number of benzene rings is 1. The summed E-state index contributed by atoms with van der Waals surface area (Å²) in [5, 5.41) is 4.63. The van der Waals surface area contributed by atoms with Gasteiger partial charge in [0.1, 0.15) is 0 Å². The predicted octanol–water partition coefficient (Wildman–Crippen LogP) is 3.62. The first-order valence-electron chi connectivity index (χ1n) is 5.04. The van der Waals surface area contributed by atoms with Crippen molar-refractivity contribution < 1.29 is 0 Å². The number of hydrogen-bond acceptors (Lipinski definition) is 3. The zero-order valence-corrected chi connectivity index (χ0v) is 11.1. The first-order valence-corrected chi connectivity index (χ1v) is 7.35. The maximum atomic E-state index is 6.27. The topological polar surface area (TPSA) is 12.0 Å². The lowest BCUT2D eigenvalue weighted by Gasteiger charge is -2.20. The Hall–Kier alpha value is 0.170. The Morgan fingerprint density at radius 2 is 2.33 bits per heavy atom. The molecule has 1 heterocycles. The van der Waals surface area contributed by atoms with Crippen LogP contribution in [-0.4, -0.2) is 6.54 Å². The molecule has 0 aromatic heterocycles. The van der Waals surface area contributed by atoms with Gasteiger partial charge in [-0.05, 0) is 42.6 Å². The van der Waals surface area contributed by atoms with Crippen LogP contribution in [0.2, 0.25) is 5.02 Å². The molecule has 0 bridgehead atoms. The van der Waals surface area contributed by atoms with E-state index >= 15 is 0 Å². The summed E-state index contributed by atoms with van der Waals surface area (Å²) in [5.74, 6) is 0. The summed E-state index contributed by atoms with van der Waals surface area (Å²) < 4.78 is 0. The minimum Gasteiger partial charge on any atom is -0.312 e. The second-order valence-electron chi connectivity index (χ2n) is 3.81. The monoisotopic (exact) mass is 259 g/mol. The number of rotatable bonds is 2. The summed E-state index contributed by atoms with van der Waals surface area (Å²) in [4.78, 5) is 0. The SMILES string of the molecule is CC(SS)c1cc(Cl)c2c(c1)CCNC2. The minimum atomic E-state index is 0.394. The Balaban J connectivity index is 2.40. The van der Waals surface area contributed by atoms with E-state index in [1.807, 2.05) is 0 Å². The van der Waals surface area contributed by atoms with Crippen molar-refractivity contribution in [2.45, 2.75) is 25.1 Å². The number of nitrogens with one attached hydrogen (secondary N) is 1. The lowest BCUT2D eigenvalue weighted by Crippen LogP contribution is -2.24. The molecule has 1 nitrogen and oxygen atoms in total. The highest BCUT2D eigenvalue weighted by Gasteiger charge is 2.15. The highest BCUT2D eigenvalue weighted by molar-refractivity contribution is 8.68. The van der Waals surface area contributed by atoms with E-state index in [0.717, 1.165) is 24.5 Å². The quantitative estimate of drug-likeness (QED) is 0.622. The molecule has 0 saturated carbocycles. The summed E-state index contributed by atoms with van der Waals surface area (Å²) >= 11 is 10.5. The highest BCUT2D eigenvalue weighted by atomic mass is 35.5. The van der Waals surface area contributed by atoms with E-state index in [4.69, 9.17) is 11.6 Å². The fourth-order valence-corrected chi connectivity index (χ4v) is 2.81. The minimum absolute atomic E-state index is 0.394. The van der Waals surface area contributed by atoms with E-state index in [1.54, 1.807) is 10.8 Å². The van der Waals surface area contributed by atoms with Crippen LogP contribution in [0.15, 0.2) is 12.1 Å². The van der Waals surface area contributed by atoms with E-state index in [9.17, 15) is 0 Å². The van der Waals surface area contributed by atoms with Gasteiger partial charge in [0.05, 0.1) is 0 Å². The lowest BCUT2D eigenvalue weighted by atomic mass is 9.97. The normalized spacial score (nSPS) is 17.3. The molecular weight excluding hydrogens is 246 g/mol. The molecule has 2 rings (SSSR count). The second kappa shape index (κ2) is 5.00. The van der Waals surface area contributed by atoms with E-state index in [-0.39, 0.29) is 0 Å². The van der Waals surface area contributed by atoms with Crippen LogP contribution in [0.4, 0.5) is 0 Å². The van der Waals surface area contributed by atoms with Gasteiger partial charge in [-0.1, -0.05) is 28.5 Å². The van der Waals surface area contributed by atoms with Crippen molar-refractivity contribution in [2.75, 3.05) is 6.54 Å². The second-order valence-corrected chi connectivity index (χ2v) is 5.77. The maximum absolute atomic E-state index is 6.27. The van der Waals surface area contributed by atoms with Gasteiger partial charge in [-0.15, -0.1) is 11.7 Å². The molecule has 1 aliphatic rings. The van der Waals surface area contributed by atoms with Crippen LogP contribution in [0.25, 0.3) is 0 Å². The molecular formula is C11H14ClNS2. The highest BCUT2D eigenvalue weighted by Crippen LogP contribution is 2.35. The average molecular weight is 260 g/mol. The Morgan fingerprint density at radius 3 is 3.07 bits per heavy atom. The van der Waals surface area contributed by atoms with Gasteiger partial charge in [0, 0.05) is 16.8 Å². The maximum Gasteiger partial charge on any atom is 0.0456 e. The van der Waals surface area contributed by atoms with Crippen LogP contribution >= 0.6 is 34.1 Å². The third-order valence-electron chi connectivity index (χ3n) is 2.81. The van der Waals surface area contributed by atoms with Crippen LogP contribution in [0.3, 0.4) is 0 Å². The number of hydrogen-bond donors (Lipinski definition) is 2. The molecule has 1 N–H and O–H groups in total. The van der Waals surface area contributed by atoms with Crippen molar-refractivity contribution >= 4 is 34.1 Å². The molecule has 0 saturated heterocycles. The van der Waals surface area contributed by atoms with Crippen LogP contribution in [0.5, 0.6) is 0 Å². The molecule has 1 aliphatic heterocycles. The fraction of sp³-hybridized carbons (Fsp3) is 0.455. The molecule has 0 aliphatic carbocycles. The fourth-order valence-electron chi connectivity index (χ4n) is 1.87.